The summed E-state index contributed by atoms with van der Waals surface area (Å²) in [6.45, 7) is 6.40. The van der Waals surface area contributed by atoms with Crippen LogP contribution in [0.15, 0.2) is 24.3 Å². The molecule has 0 saturated heterocycles. The van der Waals surface area contributed by atoms with Gasteiger partial charge in [-0.3, -0.25) is 4.79 Å². The topological polar surface area (TPSA) is 46.3 Å². The second kappa shape index (κ2) is 5.72. The summed E-state index contributed by atoms with van der Waals surface area (Å²) >= 11 is 5.91. The van der Waals surface area contributed by atoms with E-state index in [1.54, 1.807) is 11.9 Å². The summed E-state index contributed by atoms with van der Waals surface area (Å²) in [5.41, 5.74) is 6.72. The van der Waals surface area contributed by atoms with E-state index in [-0.39, 0.29) is 11.3 Å². The van der Waals surface area contributed by atoms with Gasteiger partial charge in [-0.1, -0.05) is 44.5 Å². The first-order valence-corrected chi connectivity index (χ1v) is 6.34. The molecule has 1 aromatic rings. The lowest BCUT2D eigenvalue weighted by Crippen LogP contribution is -2.48. The third kappa shape index (κ3) is 4.00. The molecule has 1 amide bonds. The number of hydrogen-bond donors (Lipinski definition) is 1. The van der Waals surface area contributed by atoms with Crippen LogP contribution in [0.3, 0.4) is 0 Å². The lowest BCUT2D eigenvalue weighted by molar-refractivity contribution is -0.134. The first kappa shape index (κ1) is 15.0. The molecule has 0 radical (unpaired) electrons. The average molecular weight is 269 g/mol. The number of likely N-dealkylation sites (N-methyl/N-ethyl adjacent to an activating group) is 1. The van der Waals surface area contributed by atoms with Gasteiger partial charge in [-0.15, -0.1) is 0 Å². The number of carbonyl (C=O) groups excluding carboxylic acids is 1. The number of amides is 1. The molecular weight excluding hydrogens is 248 g/mol. The molecule has 1 rings (SSSR count). The Morgan fingerprint density at radius 1 is 1.44 bits per heavy atom. The van der Waals surface area contributed by atoms with Gasteiger partial charge in [0.2, 0.25) is 5.91 Å². The Balaban J connectivity index is 2.71. The number of halogens is 1. The molecule has 0 fully saturated rings. The van der Waals surface area contributed by atoms with Crippen molar-refractivity contribution in [1.29, 1.82) is 0 Å². The van der Waals surface area contributed by atoms with E-state index in [0.29, 0.717) is 11.6 Å². The van der Waals surface area contributed by atoms with Gasteiger partial charge in [-0.25, -0.2) is 0 Å². The third-order valence-corrected chi connectivity index (χ3v) is 3.12. The fraction of sp³-hybridized carbons (Fsp3) is 0.500. The summed E-state index contributed by atoms with van der Waals surface area (Å²) in [5, 5.41) is 0.675. The van der Waals surface area contributed by atoms with Crippen molar-refractivity contribution >= 4 is 17.5 Å². The highest BCUT2D eigenvalue weighted by atomic mass is 35.5. The Bertz CT molecular complexity index is 426. The number of carbonyl (C=O) groups is 1. The zero-order chi connectivity index (χ0) is 13.9. The Morgan fingerprint density at radius 2 is 2.06 bits per heavy atom. The number of hydrogen-bond acceptors (Lipinski definition) is 2. The lowest BCUT2D eigenvalue weighted by atomic mass is 9.86. The van der Waals surface area contributed by atoms with Crippen molar-refractivity contribution in [3.63, 3.8) is 0 Å². The highest BCUT2D eigenvalue weighted by Crippen LogP contribution is 2.20. The van der Waals surface area contributed by atoms with E-state index < -0.39 is 6.04 Å². The second-order valence-electron chi connectivity index (χ2n) is 5.67. The monoisotopic (exact) mass is 268 g/mol. The minimum Gasteiger partial charge on any atom is -0.340 e. The molecule has 1 unspecified atom stereocenters. The zero-order valence-corrected chi connectivity index (χ0v) is 12.2. The van der Waals surface area contributed by atoms with Gasteiger partial charge >= 0.3 is 0 Å². The Labute approximate surface area is 114 Å². The molecule has 0 saturated carbocycles. The average Bonchev–Trinajstić information content (AvgIpc) is 2.25. The van der Waals surface area contributed by atoms with Crippen molar-refractivity contribution in [2.45, 2.75) is 33.4 Å². The molecule has 2 N–H and O–H groups in total. The van der Waals surface area contributed by atoms with E-state index in [9.17, 15) is 4.79 Å². The minimum absolute atomic E-state index is 0.0533. The summed E-state index contributed by atoms with van der Waals surface area (Å²) < 4.78 is 0. The molecule has 3 nitrogen and oxygen atoms in total. The minimum atomic E-state index is -0.498. The van der Waals surface area contributed by atoms with Gasteiger partial charge in [0.25, 0.3) is 0 Å². The van der Waals surface area contributed by atoms with Crippen LogP contribution in [0.2, 0.25) is 5.02 Å². The summed E-state index contributed by atoms with van der Waals surface area (Å²) in [6, 6.07) is 6.99. The van der Waals surface area contributed by atoms with E-state index in [4.69, 9.17) is 17.3 Å². The number of nitrogens with two attached hydrogens (primary N) is 1. The summed E-state index contributed by atoms with van der Waals surface area (Å²) in [4.78, 5) is 13.8. The van der Waals surface area contributed by atoms with Crippen LogP contribution in [0.5, 0.6) is 0 Å². The normalized spacial score (nSPS) is 13.2. The van der Waals surface area contributed by atoms with E-state index in [0.717, 1.165) is 5.56 Å². The fourth-order valence-electron chi connectivity index (χ4n) is 1.59. The molecule has 100 valence electrons. The van der Waals surface area contributed by atoms with Gasteiger partial charge in [0.15, 0.2) is 0 Å². The number of nitrogens with zero attached hydrogens (tertiary/aromatic N) is 1. The van der Waals surface area contributed by atoms with Crippen LogP contribution < -0.4 is 5.73 Å². The zero-order valence-electron chi connectivity index (χ0n) is 11.4. The summed E-state index contributed by atoms with van der Waals surface area (Å²) in [6.07, 6.45) is 0. The predicted octanol–water partition coefficient (Wildman–Crippen LogP) is 2.67. The van der Waals surface area contributed by atoms with Crippen LogP contribution in [0, 0.1) is 5.41 Å². The Kier molecular flexibility index (Phi) is 4.77. The van der Waals surface area contributed by atoms with Crippen LogP contribution in [0.25, 0.3) is 0 Å². The molecule has 0 aromatic heterocycles. The standard InChI is InChI=1S/C14H21ClN2O/c1-14(2,3)12(16)13(18)17(4)9-10-6-5-7-11(15)8-10/h5-8,12H,9,16H2,1-4H3. The molecular formula is C14H21ClN2O. The Morgan fingerprint density at radius 3 is 2.56 bits per heavy atom. The van der Waals surface area contributed by atoms with Crippen molar-refractivity contribution in [3.8, 4) is 0 Å². The smallest absolute Gasteiger partial charge is 0.240 e. The Hall–Kier alpha value is -1.06. The fourth-order valence-corrected chi connectivity index (χ4v) is 1.81. The van der Waals surface area contributed by atoms with E-state index in [1.165, 1.54) is 0 Å². The molecule has 0 spiro atoms. The molecule has 0 aliphatic carbocycles. The van der Waals surface area contributed by atoms with Gasteiger partial charge < -0.3 is 10.6 Å². The van der Waals surface area contributed by atoms with Crippen LogP contribution in [-0.4, -0.2) is 23.9 Å². The van der Waals surface area contributed by atoms with Gasteiger partial charge in [0.05, 0.1) is 6.04 Å². The third-order valence-electron chi connectivity index (χ3n) is 2.88. The van der Waals surface area contributed by atoms with Crippen LogP contribution in [0.4, 0.5) is 0 Å². The number of benzene rings is 1. The molecule has 0 heterocycles. The van der Waals surface area contributed by atoms with E-state index in [2.05, 4.69) is 0 Å². The van der Waals surface area contributed by atoms with Gasteiger partial charge in [-0.2, -0.15) is 0 Å². The molecule has 0 aliphatic rings. The maximum absolute atomic E-state index is 12.1. The van der Waals surface area contributed by atoms with E-state index in [1.807, 2.05) is 45.0 Å². The molecule has 18 heavy (non-hydrogen) atoms. The van der Waals surface area contributed by atoms with Crippen molar-refractivity contribution in [2.75, 3.05) is 7.05 Å². The first-order chi connectivity index (χ1) is 8.21. The predicted molar refractivity (Wildman–Crippen MR) is 75.4 cm³/mol. The molecule has 0 bridgehead atoms. The number of rotatable bonds is 3. The largest absolute Gasteiger partial charge is 0.340 e. The van der Waals surface area contributed by atoms with Crippen molar-refractivity contribution in [2.24, 2.45) is 11.1 Å². The maximum atomic E-state index is 12.1. The maximum Gasteiger partial charge on any atom is 0.240 e. The van der Waals surface area contributed by atoms with Gasteiger partial charge in [-0.05, 0) is 23.1 Å². The van der Waals surface area contributed by atoms with Crippen molar-refractivity contribution in [3.05, 3.63) is 34.9 Å². The quantitative estimate of drug-likeness (QED) is 0.916. The van der Waals surface area contributed by atoms with E-state index >= 15 is 0 Å². The van der Waals surface area contributed by atoms with Gasteiger partial charge in [0.1, 0.15) is 0 Å². The molecule has 1 aromatic carbocycles. The molecule has 1 atom stereocenters. The second-order valence-corrected chi connectivity index (χ2v) is 6.10. The molecule has 4 heteroatoms. The lowest BCUT2D eigenvalue weighted by Gasteiger charge is -2.30. The van der Waals surface area contributed by atoms with Crippen molar-refractivity contribution < 1.29 is 4.79 Å². The highest BCUT2D eigenvalue weighted by molar-refractivity contribution is 6.30. The van der Waals surface area contributed by atoms with Crippen LogP contribution in [0.1, 0.15) is 26.3 Å². The summed E-state index contributed by atoms with van der Waals surface area (Å²) in [7, 11) is 1.76. The van der Waals surface area contributed by atoms with Crippen LogP contribution in [-0.2, 0) is 11.3 Å². The SMILES string of the molecule is CN(Cc1cccc(Cl)c1)C(=O)C(N)C(C)(C)C. The first-order valence-electron chi connectivity index (χ1n) is 5.97. The van der Waals surface area contributed by atoms with Gasteiger partial charge in [0, 0.05) is 18.6 Å². The highest BCUT2D eigenvalue weighted by Gasteiger charge is 2.29. The van der Waals surface area contributed by atoms with Crippen LogP contribution >= 0.6 is 11.6 Å². The summed E-state index contributed by atoms with van der Waals surface area (Å²) in [5.74, 6) is -0.0533. The van der Waals surface area contributed by atoms with Crippen molar-refractivity contribution in [1.82, 2.24) is 4.90 Å². The molecule has 0 aliphatic heterocycles.